The summed E-state index contributed by atoms with van der Waals surface area (Å²) in [5.74, 6) is 0.629. The third-order valence-electron chi connectivity index (χ3n) is 4.24. The van der Waals surface area contributed by atoms with Gasteiger partial charge in [0.15, 0.2) is 9.84 Å². The van der Waals surface area contributed by atoms with Gasteiger partial charge in [0.25, 0.3) is 0 Å². The minimum Gasteiger partial charge on any atom is -0.353 e. The lowest BCUT2D eigenvalue weighted by atomic mass is 10.2. The first-order valence-electron chi connectivity index (χ1n) is 7.16. The Bertz CT molecular complexity index is 416. The van der Waals surface area contributed by atoms with Gasteiger partial charge in [0.1, 0.15) is 0 Å². The fourth-order valence-electron chi connectivity index (χ4n) is 2.95. The van der Waals surface area contributed by atoms with Crippen LogP contribution < -0.4 is 5.32 Å². The van der Waals surface area contributed by atoms with E-state index in [0.717, 1.165) is 12.8 Å². The molecule has 1 heterocycles. The molecule has 2 rings (SSSR count). The molecule has 0 spiro atoms. The number of sulfone groups is 1. The largest absolute Gasteiger partial charge is 0.353 e. The predicted octanol–water partition coefficient (Wildman–Crippen LogP) is 0.554. The second-order valence-corrected chi connectivity index (χ2v) is 8.07. The lowest BCUT2D eigenvalue weighted by molar-refractivity contribution is -0.122. The normalized spacial score (nSPS) is 26.9. The first kappa shape index (κ1) is 14.8. The molecule has 1 unspecified atom stereocenters. The molecule has 1 N–H and O–H groups in total. The summed E-state index contributed by atoms with van der Waals surface area (Å²) in [6.45, 7) is 0.638. The lowest BCUT2D eigenvalue weighted by Gasteiger charge is -2.23. The Morgan fingerprint density at radius 2 is 1.95 bits per heavy atom. The Balaban J connectivity index is 1.68. The van der Waals surface area contributed by atoms with E-state index in [2.05, 4.69) is 5.32 Å². The first-order chi connectivity index (χ1) is 8.96. The maximum atomic E-state index is 11.8. The highest BCUT2D eigenvalue weighted by Gasteiger charge is 2.30. The van der Waals surface area contributed by atoms with Gasteiger partial charge in [0.2, 0.25) is 5.91 Å². The summed E-state index contributed by atoms with van der Waals surface area (Å²) in [6, 6.07) is 0.453. The number of amides is 1. The summed E-state index contributed by atoms with van der Waals surface area (Å²) in [5.41, 5.74) is 0. The highest BCUT2D eigenvalue weighted by Crippen LogP contribution is 2.18. The van der Waals surface area contributed by atoms with Crippen LogP contribution in [-0.2, 0) is 14.6 Å². The van der Waals surface area contributed by atoms with Gasteiger partial charge in [-0.15, -0.1) is 0 Å². The van der Waals surface area contributed by atoms with Crippen molar-refractivity contribution < 1.29 is 13.2 Å². The Labute approximate surface area is 115 Å². The number of rotatable bonds is 5. The first-order valence-corrected chi connectivity index (χ1v) is 8.98. The number of hydrogen-bond donors (Lipinski definition) is 1. The van der Waals surface area contributed by atoms with Crippen LogP contribution in [0, 0.1) is 0 Å². The van der Waals surface area contributed by atoms with Crippen molar-refractivity contribution >= 4 is 15.7 Å². The van der Waals surface area contributed by atoms with Gasteiger partial charge < -0.3 is 10.2 Å². The van der Waals surface area contributed by atoms with Crippen molar-refractivity contribution in [2.24, 2.45) is 0 Å². The zero-order chi connectivity index (χ0) is 13.9. The standard InChI is InChI=1S/C13H24N2O3S/c1-15(12-7-9-19(17,18)10-12)8-6-13(16)14-11-4-2-3-5-11/h11-12H,2-10H2,1H3,(H,14,16). The Morgan fingerprint density at radius 1 is 1.26 bits per heavy atom. The minimum atomic E-state index is -2.84. The van der Waals surface area contributed by atoms with E-state index in [-0.39, 0.29) is 23.5 Å². The molecule has 1 aliphatic carbocycles. The molecular formula is C13H24N2O3S. The van der Waals surface area contributed by atoms with Crippen molar-refractivity contribution in [3.63, 3.8) is 0 Å². The third kappa shape index (κ3) is 4.45. The Kier molecular flexibility index (Phi) is 4.84. The van der Waals surface area contributed by atoms with E-state index in [1.165, 1.54) is 12.8 Å². The van der Waals surface area contributed by atoms with Crippen LogP contribution >= 0.6 is 0 Å². The summed E-state index contributed by atoms with van der Waals surface area (Å²) in [7, 11) is -0.929. The Hall–Kier alpha value is -0.620. The van der Waals surface area contributed by atoms with Gasteiger partial charge in [0.05, 0.1) is 11.5 Å². The molecule has 0 aromatic carbocycles. The van der Waals surface area contributed by atoms with Crippen molar-refractivity contribution in [2.75, 3.05) is 25.1 Å². The lowest BCUT2D eigenvalue weighted by Crippen LogP contribution is -2.38. The molecule has 110 valence electrons. The molecule has 0 bridgehead atoms. The van der Waals surface area contributed by atoms with E-state index in [1.807, 2.05) is 11.9 Å². The molecule has 2 fully saturated rings. The highest BCUT2D eigenvalue weighted by molar-refractivity contribution is 7.91. The van der Waals surface area contributed by atoms with Crippen LogP contribution in [0.4, 0.5) is 0 Å². The van der Waals surface area contributed by atoms with Crippen LogP contribution in [0.15, 0.2) is 0 Å². The number of hydrogen-bond acceptors (Lipinski definition) is 4. The average molecular weight is 288 g/mol. The van der Waals surface area contributed by atoms with E-state index >= 15 is 0 Å². The molecule has 0 aromatic rings. The van der Waals surface area contributed by atoms with Crippen molar-refractivity contribution in [3.05, 3.63) is 0 Å². The van der Waals surface area contributed by atoms with Crippen LogP contribution in [-0.4, -0.2) is 56.4 Å². The number of carbonyl (C=O) groups is 1. The molecule has 1 amide bonds. The van der Waals surface area contributed by atoms with Crippen LogP contribution in [0.25, 0.3) is 0 Å². The molecule has 1 aliphatic heterocycles. The second kappa shape index (κ2) is 6.22. The quantitative estimate of drug-likeness (QED) is 0.802. The topological polar surface area (TPSA) is 66.5 Å². The van der Waals surface area contributed by atoms with Crippen molar-refractivity contribution in [1.82, 2.24) is 10.2 Å². The van der Waals surface area contributed by atoms with E-state index in [1.54, 1.807) is 0 Å². The number of carbonyl (C=O) groups excluding carboxylic acids is 1. The molecule has 0 aromatic heterocycles. The SMILES string of the molecule is CN(CCC(=O)NC1CCCC1)C1CCS(=O)(=O)C1. The molecule has 19 heavy (non-hydrogen) atoms. The fourth-order valence-corrected chi connectivity index (χ4v) is 4.76. The van der Waals surface area contributed by atoms with E-state index < -0.39 is 9.84 Å². The molecule has 1 saturated heterocycles. The van der Waals surface area contributed by atoms with Gasteiger partial charge in [0, 0.05) is 25.0 Å². The molecular weight excluding hydrogens is 264 g/mol. The average Bonchev–Trinajstić information content (AvgIpc) is 2.95. The minimum absolute atomic E-state index is 0.0873. The summed E-state index contributed by atoms with van der Waals surface area (Å²) in [6.07, 6.45) is 5.78. The monoisotopic (exact) mass is 288 g/mol. The van der Waals surface area contributed by atoms with E-state index in [0.29, 0.717) is 25.4 Å². The van der Waals surface area contributed by atoms with Gasteiger partial charge in [-0.25, -0.2) is 8.42 Å². The fraction of sp³-hybridized carbons (Fsp3) is 0.923. The van der Waals surface area contributed by atoms with Gasteiger partial charge >= 0.3 is 0 Å². The van der Waals surface area contributed by atoms with Gasteiger partial charge in [-0.1, -0.05) is 12.8 Å². The number of nitrogens with zero attached hydrogens (tertiary/aromatic N) is 1. The van der Waals surface area contributed by atoms with Gasteiger partial charge in [-0.05, 0) is 26.3 Å². The zero-order valence-electron chi connectivity index (χ0n) is 11.6. The third-order valence-corrected chi connectivity index (χ3v) is 5.99. The van der Waals surface area contributed by atoms with E-state index in [9.17, 15) is 13.2 Å². The van der Waals surface area contributed by atoms with Crippen molar-refractivity contribution in [3.8, 4) is 0 Å². The van der Waals surface area contributed by atoms with Crippen molar-refractivity contribution in [2.45, 2.75) is 50.6 Å². The van der Waals surface area contributed by atoms with Gasteiger partial charge in [-0.3, -0.25) is 4.79 Å². The summed E-state index contributed by atoms with van der Waals surface area (Å²) in [5, 5.41) is 3.06. The van der Waals surface area contributed by atoms with Crippen LogP contribution in [0.2, 0.25) is 0 Å². The van der Waals surface area contributed by atoms with E-state index in [4.69, 9.17) is 0 Å². The Morgan fingerprint density at radius 3 is 2.53 bits per heavy atom. The smallest absolute Gasteiger partial charge is 0.221 e. The van der Waals surface area contributed by atoms with Crippen molar-refractivity contribution in [1.29, 1.82) is 0 Å². The maximum absolute atomic E-state index is 11.8. The predicted molar refractivity (Wildman–Crippen MR) is 74.7 cm³/mol. The van der Waals surface area contributed by atoms with Crippen LogP contribution in [0.3, 0.4) is 0 Å². The van der Waals surface area contributed by atoms with Gasteiger partial charge in [-0.2, -0.15) is 0 Å². The molecule has 5 nitrogen and oxygen atoms in total. The molecule has 6 heteroatoms. The summed E-state index contributed by atoms with van der Waals surface area (Å²) >= 11 is 0. The molecule has 2 aliphatic rings. The van der Waals surface area contributed by atoms with Crippen LogP contribution in [0.5, 0.6) is 0 Å². The summed E-state index contributed by atoms with van der Waals surface area (Å²) in [4.78, 5) is 13.8. The molecule has 0 radical (unpaired) electrons. The maximum Gasteiger partial charge on any atom is 0.221 e. The van der Waals surface area contributed by atoms with Crippen LogP contribution in [0.1, 0.15) is 38.5 Å². The number of nitrogens with one attached hydrogen (secondary N) is 1. The highest BCUT2D eigenvalue weighted by atomic mass is 32.2. The molecule has 1 atom stereocenters. The zero-order valence-corrected chi connectivity index (χ0v) is 12.4. The summed E-state index contributed by atoms with van der Waals surface area (Å²) < 4.78 is 22.8. The second-order valence-electron chi connectivity index (χ2n) is 5.84. The molecule has 1 saturated carbocycles.